The van der Waals surface area contributed by atoms with Gasteiger partial charge in [0, 0.05) is 23.2 Å². The van der Waals surface area contributed by atoms with Crippen LogP contribution in [-0.4, -0.2) is 22.6 Å². The van der Waals surface area contributed by atoms with Crippen LogP contribution in [0.4, 0.5) is 5.82 Å². The van der Waals surface area contributed by atoms with E-state index in [1.165, 1.54) is 10.4 Å². The van der Waals surface area contributed by atoms with Gasteiger partial charge in [0.1, 0.15) is 5.82 Å². The summed E-state index contributed by atoms with van der Waals surface area (Å²) in [4.78, 5) is 8.19. The molecule has 0 amide bonds. The Kier molecular flexibility index (Phi) is 3.31. The molecule has 6 heteroatoms. The molecule has 0 aliphatic carbocycles. The van der Waals surface area contributed by atoms with Gasteiger partial charge in [-0.2, -0.15) is 0 Å². The number of nitrogens with zero attached hydrogens (tertiary/aromatic N) is 3. The van der Waals surface area contributed by atoms with E-state index in [-0.39, 0.29) is 5.84 Å². The number of oxime groups is 1. The van der Waals surface area contributed by atoms with E-state index >= 15 is 0 Å². The van der Waals surface area contributed by atoms with Gasteiger partial charge in [-0.3, -0.25) is 0 Å². The fourth-order valence-electron chi connectivity index (χ4n) is 2.59. The maximum atomic E-state index is 8.66. The summed E-state index contributed by atoms with van der Waals surface area (Å²) < 4.78 is 0. The predicted octanol–water partition coefficient (Wildman–Crippen LogP) is 2.36. The number of rotatable bonds is 2. The van der Waals surface area contributed by atoms with Gasteiger partial charge in [0.2, 0.25) is 0 Å². The first-order valence-corrected chi connectivity index (χ1v) is 7.35. The first-order chi connectivity index (χ1) is 9.70. The van der Waals surface area contributed by atoms with Crippen molar-refractivity contribution in [2.45, 2.75) is 19.4 Å². The van der Waals surface area contributed by atoms with Crippen LogP contribution in [0.5, 0.6) is 0 Å². The Bertz CT molecular complexity index is 635. The molecular weight excluding hydrogens is 272 g/mol. The highest BCUT2D eigenvalue weighted by molar-refractivity contribution is 7.10. The molecule has 3 heterocycles. The Morgan fingerprint density at radius 3 is 3.05 bits per heavy atom. The Labute approximate surface area is 121 Å². The van der Waals surface area contributed by atoms with Crippen LogP contribution in [0, 0.1) is 0 Å². The summed E-state index contributed by atoms with van der Waals surface area (Å²) in [6.07, 6.45) is 2.70. The van der Waals surface area contributed by atoms with E-state index in [4.69, 9.17) is 10.9 Å². The summed E-state index contributed by atoms with van der Waals surface area (Å²) in [5.41, 5.74) is 7.56. The molecule has 0 spiro atoms. The van der Waals surface area contributed by atoms with Crippen molar-refractivity contribution in [3.63, 3.8) is 0 Å². The third-order valence-electron chi connectivity index (χ3n) is 3.72. The van der Waals surface area contributed by atoms with Gasteiger partial charge >= 0.3 is 0 Å². The molecule has 5 nitrogen and oxygen atoms in total. The standard InChI is InChI=1S/C14H16N4OS/c1-9-11-5-7-20-12(11)4-6-18(9)13-3-2-10(8-16-13)14(15)17-19/h2-3,5,7-9,19H,4,6H2,1H3,(H2,15,17). The first-order valence-electron chi connectivity index (χ1n) is 6.47. The topological polar surface area (TPSA) is 74.7 Å². The van der Waals surface area contributed by atoms with E-state index < -0.39 is 0 Å². The van der Waals surface area contributed by atoms with E-state index in [1.54, 1.807) is 6.20 Å². The zero-order valence-electron chi connectivity index (χ0n) is 11.2. The van der Waals surface area contributed by atoms with Crippen molar-refractivity contribution in [1.29, 1.82) is 0 Å². The van der Waals surface area contributed by atoms with Crippen molar-refractivity contribution in [3.05, 3.63) is 45.8 Å². The lowest BCUT2D eigenvalue weighted by Crippen LogP contribution is -2.33. The van der Waals surface area contributed by atoms with Crippen molar-refractivity contribution in [2.24, 2.45) is 10.9 Å². The average Bonchev–Trinajstić information content (AvgIpc) is 2.96. The number of nitrogens with two attached hydrogens (primary N) is 1. The summed E-state index contributed by atoms with van der Waals surface area (Å²) >= 11 is 1.83. The highest BCUT2D eigenvalue weighted by Crippen LogP contribution is 2.35. The molecule has 0 fully saturated rings. The molecule has 3 rings (SSSR count). The lowest BCUT2D eigenvalue weighted by atomic mass is 10.0. The predicted molar refractivity (Wildman–Crippen MR) is 80.5 cm³/mol. The zero-order valence-corrected chi connectivity index (χ0v) is 12.0. The van der Waals surface area contributed by atoms with Crippen LogP contribution in [0.15, 0.2) is 34.9 Å². The Hall–Kier alpha value is -2.08. The summed E-state index contributed by atoms with van der Waals surface area (Å²) in [7, 11) is 0. The molecule has 0 bridgehead atoms. The Balaban J connectivity index is 1.87. The SMILES string of the molecule is CC1c2ccsc2CCN1c1ccc(C(N)=NO)cn1. The smallest absolute Gasteiger partial charge is 0.171 e. The number of amidine groups is 1. The average molecular weight is 288 g/mol. The van der Waals surface area contributed by atoms with Crippen LogP contribution in [0.3, 0.4) is 0 Å². The fourth-order valence-corrected chi connectivity index (χ4v) is 3.55. The van der Waals surface area contributed by atoms with Crippen LogP contribution in [0.1, 0.15) is 29.0 Å². The van der Waals surface area contributed by atoms with Crippen LogP contribution >= 0.6 is 11.3 Å². The second kappa shape index (κ2) is 5.13. The van der Waals surface area contributed by atoms with E-state index in [1.807, 2.05) is 23.5 Å². The summed E-state index contributed by atoms with van der Waals surface area (Å²) in [5, 5.41) is 13.8. The number of anilines is 1. The first kappa shape index (κ1) is 12.9. The molecule has 104 valence electrons. The minimum Gasteiger partial charge on any atom is -0.409 e. The van der Waals surface area contributed by atoms with Gasteiger partial charge in [-0.25, -0.2) is 4.98 Å². The van der Waals surface area contributed by atoms with Crippen LogP contribution < -0.4 is 10.6 Å². The lowest BCUT2D eigenvalue weighted by molar-refractivity contribution is 0.318. The minimum atomic E-state index is 0.0795. The molecule has 1 unspecified atom stereocenters. The molecule has 0 aromatic carbocycles. The maximum Gasteiger partial charge on any atom is 0.171 e. The quantitative estimate of drug-likeness (QED) is 0.385. The van der Waals surface area contributed by atoms with Crippen LogP contribution in [0.2, 0.25) is 0 Å². The van der Waals surface area contributed by atoms with E-state index in [0.717, 1.165) is 18.8 Å². The van der Waals surface area contributed by atoms with Gasteiger partial charge < -0.3 is 15.8 Å². The maximum absolute atomic E-state index is 8.66. The molecule has 20 heavy (non-hydrogen) atoms. The van der Waals surface area contributed by atoms with Gasteiger partial charge in [-0.15, -0.1) is 11.3 Å². The lowest BCUT2D eigenvalue weighted by Gasteiger charge is -2.34. The van der Waals surface area contributed by atoms with Crippen molar-refractivity contribution >= 4 is 23.0 Å². The summed E-state index contributed by atoms with van der Waals surface area (Å²) in [6, 6.07) is 6.27. The molecule has 2 aromatic heterocycles. The minimum absolute atomic E-state index is 0.0795. The largest absolute Gasteiger partial charge is 0.409 e. The van der Waals surface area contributed by atoms with E-state index in [0.29, 0.717) is 11.6 Å². The van der Waals surface area contributed by atoms with Crippen molar-refractivity contribution < 1.29 is 5.21 Å². The number of fused-ring (bicyclic) bond motifs is 1. The highest BCUT2D eigenvalue weighted by atomic mass is 32.1. The van der Waals surface area contributed by atoms with Gasteiger partial charge in [-0.05, 0) is 42.5 Å². The van der Waals surface area contributed by atoms with Crippen LogP contribution in [-0.2, 0) is 6.42 Å². The van der Waals surface area contributed by atoms with Gasteiger partial charge in [0.05, 0.1) is 6.04 Å². The molecule has 2 aromatic rings. The number of hydrogen-bond acceptors (Lipinski definition) is 5. The number of aromatic nitrogens is 1. The van der Waals surface area contributed by atoms with E-state index in [9.17, 15) is 0 Å². The van der Waals surface area contributed by atoms with Crippen molar-refractivity contribution in [2.75, 3.05) is 11.4 Å². The van der Waals surface area contributed by atoms with Gasteiger partial charge in [-0.1, -0.05) is 5.16 Å². The molecule has 1 aliphatic rings. The second-order valence-electron chi connectivity index (χ2n) is 4.81. The van der Waals surface area contributed by atoms with Gasteiger partial charge in [0.25, 0.3) is 0 Å². The second-order valence-corrected chi connectivity index (χ2v) is 5.81. The van der Waals surface area contributed by atoms with Crippen LogP contribution in [0.25, 0.3) is 0 Å². The zero-order chi connectivity index (χ0) is 14.1. The number of pyridine rings is 1. The third kappa shape index (κ3) is 2.12. The van der Waals surface area contributed by atoms with Crippen molar-refractivity contribution in [3.8, 4) is 0 Å². The van der Waals surface area contributed by atoms with Crippen molar-refractivity contribution in [1.82, 2.24) is 4.98 Å². The molecule has 0 radical (unpaired) electrons. The highest BCUT2D eigenvalue weighted by Gasteiger charge is 2.25. The van der Waals surface area contributed by atoms with E-state index in [2.05, 4.69) is 33.4 Å². The molecule has 0 saturated carbocycles. The molecule has 1 aliphatic heterocycles. The number of thiophene rings is 1. The number of hydrogen-bond donors (Lipinski definition) is 2. The van der Waals surface area contributed by atoms with Gasteiger partial charge in [0.15, 0.2) is 5.84 Å². The normalized spacial score (nSPS) is 18.9. The molecule has 0 saturated heterocycles. The Morgan fingerprint density at radius 2 is 2.35 bits per heavy atom. The third-order valence-corrected chi connectivity index (χ3v) is 4.72. The summed E-state index contributed by atoms with van der Waals surface area (Å²) in [6.45, 7) is 3.16. The monoisotopic (exact) mass is 288 g/mol. The fraction of sp³-hybridized carbons (Fsp3) is 0.286. The molecular formula is C14H16N4OS. The molecule has 1 atom stereocenters. The summed E-state index contributed by atoms with van der Waals surface area (Å²) in [5.74, 6) is 1.000. The molecule has 3 N–H and O–H groups in total. The Morgan fingerprint density at radius 1 is 1.50 bits per heavy atom.